The quantitative estimate of drug-likeness (QED) is 0.444. The van der Waals surface area contributed by atoms with E-state index in [0.717, 1.165) is 38.5 Å². The Kier molecular flexibility index (Phi) is 8.85. The second kappa shape index (κ2) is 10.1. The SMILES string of the molecule is C=C(C)C(=O)OCCC(C)(CC)CC1(C)CCCCC(C)CCOC1=O. The second-order valence-corrected chi connectivity index (χ2v) is 8.84. The highest BCUT2D eigenvalue weighted by Crippen LogP contribution is 2.43. The minimum atomic E-state index is -0.469. The van der Waals surface area contributed by atoms with E-state index in [9.17, 15) is 9.59 Å². The predicted octanol–water partition coefficient (Wildman–Crippen LogP) is 5.45. The number of ether oxygens (including phenoxy) is 2. The van der Waals surface area contributed by atoms with E-state index in [1.54, 1.807) is 6.92 Å². The van der Waals surface area contributed by atoms with Crippen LogP contribution < -0.4 is 0 Å². The zero-order valence-electron chi connectivity index (χ0n) is 17.5. The molecule has 1 rings (SSSR count). The summed E-state index contributed by atoms with van der Waals surface area (Å²) in [6.07, 6.45) is 7.66. The van der Waals surface area contributed by atoms with Crippen molar-refractivity contribution >= 4 is 11.9 Å². The van der Waals surface area contributed by atoms with Gasteiger partial charge in [-0.25, -0.2) is 4.79 Å². The van der Waals surface area contributed by atoms with Gasteiger partial charge >= 0.3 is 11.9 Å². The first kappa shape index (κ1) is 22.7. The van der Waals surface area contributed by atoms with Gasteiger partial charge in [0.15, 0.2) is 0 Å². The Morgan fingerprint density at radius 2 is 2.08 bits per heavy atom. The fourth-order valence-corrected chi connectivity index (χ4v) is 3.79. The van der Waals surface area contributed by atoms with Gasteiger partial charge in [-0.3, -0.25) is 4.79 Å². The van der Waals surface area contributed by atoms with E-state index in [1.165, 1.54) is 12.8 Å². The Labute approximate surface area is 159 Å². The Morgan fingerprint density at radius 1 is 1.38 bits per heavy atom. The molecule has 3 unspecified atom stereocenters. The lowest BCUT2D eigenvalue weighted by Gasteiger charge is -2.38. The van der Waals surface area contributed by atoms with Crippen LogP contribution in [0.5, 0.6) is 0 Å². The van der Waals surface area contributed by atoms with Crippen molar-refractivity contribution in [3.05, 3.63) is 12.2 Å². The smallest absolute Gasteiger partial charge is 0.333 e. The van der Waals surface area contributed by atoms with E-state index in [4.69, 9.17) is 9.47 Å². The molecule has 0 aromatic rings. The highest BCUT2D eigenvalue weighted by atomic mass is 16.5. The third-order valence-corrected chi connectivity index (χ3v) is 5.97. The van der Waals surface area contributed by atoms with Gasteiger partial charge in [0.1, 0.15) is 0 Å². The van der Waals surface area contributed by atoms with Crippen LogP contribution in [0.1, 0.15) is 86.0 Å². The normalized spacial score (nSPS) is 27.1. The molecule has 1 heterocycles. The lowest BCUT2D eigenvalue weighted by Crippen LogP contribution is -2.37. The third-order valence-electron chi connectivity index (χ3n) is 5.97. The van der Waals surface area contributed by atoms with Gasteiger partial charge in [-0.15, -0.1) is 0 Å². The zero-order chi connectivity index (χ0) is 19.8. The van der Waals surface area contributed by atoms with Crippen molar-refractivity contribution in [2.24, 2.45) is 16.7 Å². The van der Waals surface area contributed by atoms with Gasteiger partial charge in [0.2, 0.25) is 0 Å². The lowest BCUT2D eigenvalue weighted by atomic mass is 9.68. The van der Waals surface area contributed by atoms with Crippen molar-refractivity contribution in [3.8, 4) is 0 Å². The minimum absolute atomic E-state index is 0.0646. The Hall–Kier alpha value is -1.32. The number of carbonyl (C=O) groups is 2. The number of esters is 2. The fourth-order valence-electron chi connectivity index (χ4n) is 3.79. The number of carbonyl (C=O) groups excluding carboxylic acids is 2. The monoisotopic (exact) mass is 366 g/mol. The summed E-state index contributed by atoms with van der Waals surface area (Å²) >= 11 is 0. The van der Waals surface area contributed by atoms with Crippen LogP contribution in [0.3, 0.4) is 0 Å². The van der Waals surface area contributed by atoms with E-state index >= 15 is 0 Å². The van der Waals surface area contributed by atoms with E-state index in [0.29, 0.717) is 24.7 Å². The minimum Gasteiger partial charge on any atom is -0.465 e. The second-order valence-electron chi connectivity index (χ2n) is 8.84. The Morgan fingerprint density at radius 3 is 2.69 bits per heavy atom. The lowest BCUT2D eigenvalue weighted by molar-refractivity contribution is -0.159. The maximum absolute atomic E-state index is 12.8. The van der Waals surface area contributed by atoms with Gasteiger partial charge in [0, 0.05) is 5.57 Å². The predicted molar refractivity (Wildman–Crippen MR) is 105 cm³/mol. The first-order valence-electron chi connectivity index (χ1n) is 10.1. The van der Waals surface area contributed by atoms with Gasteiger partial charge in [-0.05, 0) is 50.9 Å². The number of rotatable bonds is 7. The average Bonchev–Trinajstić information content (AvgIpc) is 2.57. The first-order valence-corrected chi connectivity index (χ1v) is 10.1. The summed E-state index contributed by atoms with van der Waals surface area (Å²) in [5.41, 5.74) is -0.121. The van der Waals surface area contributed by atoms with Crippen LogP contribution in [0.25, 0.3) is 0 Å². The van der Waals surface area contributed by atoms with Crippen molar-refractivity contribution in [2.45, 2.75) is 86.0 Å². The molecular weight excluding hydrogens is 328 g/mol. The molecule has 26 heavy (non-hydrogen) atoms. The van der Waals surface area contributed by atoms with Crippen LogP contribution in [0.15, 0.2) is 12.2 Å². The molecule has 0 saturated carbocycles. The standard InChI is InChI=1S/C22H38O4/c1-7-21(5,13-15-25-19(23)17(2)3)16-22(6)12-9-8-10-18(4)11-14-26-20(22)24/h18H,2,7-16H2,1,3-6H3. The molecule has 1 fully saturated rings. The molecule has 0 aromatic heterocycles. The van der Waals surface area contributed by atoms with E-state index in [2.05, 4.69) is 27.4 Å². The summed E-state index contributed by atoms with van der Waals surface area (Å²) < 4.78 is 10.9. The molecule has 0 aliphatic carbocycles. The number of cyclic esters (lactones) is 1. The molecule has 150 valence electrons. The van der Waals surface area contributed by atoms with Crippen LogP contribution in [0.4, 0.5) is 0 Å². The summed E-state index contributed by atoms with van der Waals surface area (Å²) in [5, 5.41) is 0. The fraction of sp³-hybridized carbons (Fsp3) is 0.818. The van der Waals surface area contributed by atoms with Crippen LogP contribution in [-0.4, -0.2) is 25.2 Å². The molecule has 0 N–H and O–H groups in total. The first-order chi connectivity index (χ1) is 12.1. The summed E-state index contributed by atoms with van der Waals surface area (Å²) in [5.74, 6) is 0.211. The molecule has 1 aliphatic heterocycles. The molecule has 4 heteroatoms. The molecule has 0 bridgehead atoms. The highest BCUT2D eigenvalue weighted by Gasteiger charge is 2.41. The van der Waals surface area contributed by atoms with Gasteiger partial charge in [0.05, 0.1) is 18.6 Å². The Bertz CT molecular complexity index is 498. The summed E-state index contributed by atoms with van der Waals surface area (Å²) in [6, 6.07) is 0. The molecule has 0 radical (unpaired) electrons. The van der Waals surface area contributed by atoms with Crippen molar-refractivity contribution in [1.29, 1.82) is 0 Å². The molecule has 3 atom stereocenters. The Balaban J connectivity index is 2.74. The number of hydrogen-bond acceptors (Lipinski definition) is 4. The van der Waals surface area contributed by atoms with Crippen molar-refractivity contribution in [3.63, 3.8) is 0 Å². The van der Waals surface area contributed by atoms with Gasteiger partial charge < -0.3 is 9.47 Å². The maximum atomic E-state index is 12.8. The number of hydrogen-bond donors (Lipinski definition) is 0. The van der Waals surface area contributed by atoms with Crippen LogP contribution in [0.2, 0.25) is 0 Å². The molecule has 4 nitrogen and oxygen atoms in total. The topological polar surface area (TPSA) is 52.6 Å². The molecule has 0 aromatic carbocycles. The molecule has 1 aliphatic rings. The van der Waals surface area contributed by atoms with E-state index < -0.39 is 5.41 Å². The van der Waals surface area contributed by atoms with Gasteiger partial charge in [-0.2, -0.15) is 0 Å². The molecule has 0 spiro atoms. The van der Waals surface area contributed by atoms with E-state index in [-0.39, 0.29) is 17.4 Å². The van der Waals surface area contributed by atoms with Crippen LogP contribution in [-0.2, 0) is 19.1 Å². The average molecular weight is 367 g/mol. The van der Waals surface area contributed by atoms with E-state index in [1.807, 2.05) is 6.92 Å². The summed E-state index contributed by atoms with van der Waals surface area (Å²) in [7, 11) is 0. The molecular formula is C22H38O4. The summed E-state index contributed by atoms with van der Waals surface area (Å²) in [4.78, 5) is 24.4. The van der Waals surface area contributed by atoms with Gasteiger partial charge in [-0.1, -0.05) is 53.0 Å². The largest absolute Gasteiger partial charge is 0.465 e. The zero-order valence-corrected chi connectivity index (χ0v) is 17.5. The highest BCUT2D eigenvalue weighted by molar-refractivity contribution is 5.86. The maximum Gasteiger partial charge on any atom is 0.333 e. The molecule has 1 saturated heterocycles. The van der Waals surface area contributed by atoms with Crippen LogP contribution >= 0.6 is 0 Å². The molecule has 0 amide bonds. The van der Waals surface area contributed by atoms with Crippen LogP contribution in [0, 0.1) is 16.7 Å². The van der Waals surface area contributed by atoms with Crippen molar-refractivity contribution in [2.75, 3.05) is 13.2 Å². The van der Waals surface area contributed by atoms with Crippen molar-refractivity contribution in [1.82, 2.24) is 0 Å². The third kappa shape index (κ3) is 7.13. The summed E-state index contributed by atoms with van der Waals surface area (Å²) in [6.45, 7) is 14.7. The van der Waals surface area contributed by atoms with Crippen molar-refractivity contribution < 1.29 is 19.1 Å². The van der Waals surface area contributed by atoms with Gasteiger partial charge in [0.25, 0.3) is 0 Å².